The van der Waals surface area contributed by atoms with E-state index in [1.807, 2.05) is 18.2 Å². The predicted octanol–water partition coefficient (Wildman–Crippen LogP) is 4.15. The fourth-order valence-electron chi connectivity index (χ4n) is 3.98. The highest BCUT2D eigenvalue weighted by Crippen LogP contribution is 2.35. The molecule has 27 heavy (non-hydrogen) atoms. The van der Waals surface area contributed by atoms with Gasteiger partial charge in [0.1, 0.15) is 17.1 Å². The smallest absolute Gasteiger partial charge is 0.336 e. The van der Waals surface area contributed by atoms with Gasteiger partial charge in [0.2, 0.25) is 0 Å². The van der Waals surface area contributed by atoms with E-state index < -0.39 is 0 Å². The molecule has 0 amide bonds. The molecule has 1 saturated heterocycles. The third kappa shape index (κ3) is 3.30. The van der Waals surface area contributed by atoms with Crippen molar-refractivity contribution in [1.82, 2.24) is 4.90 Å². The second-order valence-electron chi connectivity index (χ2n) is 7.08. The molecule has 5 nitrogen and oxygen atoms in total. The van der Waals surface area contributed by atoms with Crippen LogP contribution in [0.5, 0.6) is 11.5 Å². The number of aromatic hydroxyl groups is 1. The molecule has 2 heterocycles. The Morgan fingerprint density at radius 3 is 2.74 bits per heavy atom. The highest BCUT2D eigenvalue weighted by Gasteiger charge is 2.27. The van der Waals surface area contributed by atoms with E-state index in [1.54, 1.807) is 26.2 Å². The first-order chi connectivity index (χ1) is 13.1. The van der Waals surface area contributed by atoms with Crippen LogP contribution in [0.1, 0.15) is 35.6 Å². The molecule has 0 unspecified atom stereocenters. The molecule has 3 aromatic rings. The molecule has 0 saturated carbocycles. The van der Waals surface area contributed by atoms with Crippen LogP contribution < -0.4 is 10.4 Å². The normalized spacial score (nSPS) is 17.5. The first-order valence-electron chi connectivity index (χ1n) is 9.20. The number of nitrogens with zero attached hydrogens (tertiary/aromatic N) is 1. The Bertz CT molecular complexity index is 1020. The Morgan fingerprint density at radius 1 is 1.22 bits per heavy atom. The molecule has 0 bridgehead atoms. The molecule has 0 spiro atoms. The van der Waals surface area contributed by atoms with Crippen molar-refractivity contribution in [2.45, 2.75) is 32.4 Å². The first kappa shape index (κ1) is 17.6. The fraction of sp³-hybridized carbons (Fsp3) is 0.318. The number of fused-ring (bicyclic) bond motifs is 1. The summed E-state index contributed by atoms with van der Waals surface area (Å²) < 4.78 is 10.6. The number of ether oxygens (including phenoxy) is 1. The number of phenolic OH excluding ortho intramolecular Hbond substituents is 1. The lowest BCUT2D eigenvalue weighted by molar-refractivity contribution is 0.249. The van der Waals surface area contributed by atoms with E-state index in [0.717, 1.165) is 36.1 Å². The van der Waals surface area contributed by atoms with Crippen molar-refractivity contribution in [2.24, 2.45) is 0 Å². The first-order valence-corrected chi connectivity index (χ1v) is 9.20. The average Bonchev–Trinajstić information content (AvgIpc) is 3.13. The molecule has 4 rings (SSSR count). The highest BCUT2D eigenvalue weighted by atomic mass is 16.5. The molecule has 1 N–H and O–H groups in total. The molecule has 1 fully saturated rings. The Hall–Kier alpha value is -2.79. The van der Waals surface area contributed by atoms with E-state index in [9.17, 15) is 9.90 Å². The molecule has 1 aromatic heterocycles. The molecular weight excluding hydrogens is 342 g/mol. The summed E-state index contributed by atoms with van der Waals surface area (Å²) in [6, 6.07) is 13.6. The minimum absolute atomic E-state index is 0.139. The predicted molar refractivity (Wildman–Crippen MR) is 104 cm³/mol. The number of likely N-dealkylation sites (tertiary alicyclic amines) is 1. The Morgan fingerprint density at radius 2 is 2.00 bits per heavy atom. The van der Waals surface area contributed by atoms with Crippen LogP contribution in [0.4, 0.5) is 0 Å². The van der Waals surface area contributed by atoms with Gasteiger partial charge in [-0.05, 0) is 61.7 Å². The molecule has 2 aromatic carbocycles. The summed E-state index contributed by atoms with van der Waals surface area (Å²) >= 11 is 0. The summed E-state index contributed by atoms with van der Waals surface area (Å²) in [6.07, 6.45) is 2.21. The van der Waals surface area contributed by atoms with Crippen LogP contribution in [-0.4, -0.2) is 23.7 Å². The summed E-state index contributed by atoms with van der Waals surface area (Å²) in [5.74, 6) is 0.991. The van der Waals surface area contributed by atoms with Crippen LogP contribution in [0.25, 0.3) is 11.0 Å². The van der Waals surface area contributed by atoms with Gasteiger partial charge in [-0.2, -0.15) is 0 Å². The van der Waals surface area contributed by atoms with E-state index in [0.29, 0.717) is 23.7 Å². The number of aryl methyl sites for hydroxylation is 1. The van der Waals surface area contributed by atoms with Gasteiger partial charge in [-0.25, -0.2) is 4.79 Å². The van der Waals surface area contributed by atoms with E-state index in [2.05, 4.69) is 17.0 Å². The monoisotopic (exact) mass is 365 g/mol. The number of rotatable bonds is 4. The third-order valence-corrected chi connectivity index (χ3v) is 5.46. The van der Waals surface area contributed by atoms with Gasteiger partial charge in [0, 0.05) is 29.6 Å². The van der Waals surface area contributed by atoms with Crippen LogP contribution in [-0.2, 0) is 6.54 Å². The second kappa shape index (κ2) is 7.08. The molecule has 140 valence electrons. The van der Waals surface area contributed by atoms with Crippen molar-refractivity contribution in [3.05, 3.63) is 69.6 Å². The van der Waals surface area contributed by atoms with Crippen molar-refractivity contribution in [3.63, 3.8) is 0 Å². The lowest BCUT2D eigenvalue weighted by atomic mass is 10.0. The SMILES string of the molecule is COc1ccc([C@H]2CCCN2Cc2cc(=O)oc3c(C)c(O)ccc23)cc1. The number of benzene rings is 2. The molecule has 1 aliphatic rings. The third-order valence-electron chi connectivity index (χ3n) is 5.46. The summed E-state index contributed by atoms with van der Waals surface area (Å²) in [5, 5.41) is 10.8. The van der Waals surface area contributed by atoms with Crippen molar-refractivity contribution in [2.75, 3.05) is 13.7 Å². The fourth-order valence-corrected chi connectivity index (χ4v) is 3.98. The van der Waals surface area contributed by atoms with Gasteiger partial charge in [0.15, 0.2) is 0 Å². The van der Waals surface area contributed by atoms with Gasteiger partial charge < -0.3 is 14.3 Å². The molecule has 0 aliphatic carbocycles. The van der Waals surface area contributed by atoms with Gasteiger partial charge >= 0.3 is 5.63 Å². The average molecular weight is 365 g/mol. The van der Waals surface area contributed by atoms with E-state index >= 15 is 0 Å². The van der Waals surface area contributed by atoms with E-state index in [1.165, 1.54) is 5.56 Å². The maximum Gasteiger partial charge on any atom is 0.336 e. The van der Waals surface area contributed by atoms with Gasteiger partial charge in [-0.3, -0.25) is 4.90 Å². The lowest BCUT2D eigenvalue weighted by Gasteiger charge is -2.25. The lowest BCUT2D eigenvalue weighted by Crippen LogP contribution is -2.23. The quantitative estimate of drug-likeness (QED) is 0.704. The number of hydrogen-bond acceptors (Lipinski definition) is 5. The van der Waals surface area contributed by atoms with Crippen molar-refractivity contribution >= 4 is 11.0 Å². The Kier molecular flexibility index (Phi) is 4.62. The molecule has 1 aliphatic heterocycles. The van der Waals surface area contributed by atoms with Crippen LogP contribution in [0.15, 0.2) is 51.7 Å². The summed E-state index contributed by atoms with van der Waals surface area (Å²) in [4.78, 5) is 14.5. The zero-order chi connectivity index (χ0) is 19.0. The largest absolute Gasteiger partial charge is 0.508 e. The minimum Gasteiger partial charge on any atom is -0.508 e. The maximum absolute atomic E-state index is 12.1. The minimum atomic E-state index is -0.383. The summed E-state index contributed by atoms with van der Waals surface area (Å²) in [7, 11) is 1.67. The van der Waals surface area contributed by atoms with E-state index in [-0.39, 0.29) is 11.4 Å². The molecular formula is C22H23NO4. The van der Waals surface area contributed by atoms with Crippen LogP contribution in [0, 0.1) is 6.92 Å². The molecule has 0 radical (unpaired) electrons. The number of methoxy groups -OCH3 is 1. The zero-order valence-electron chi connectivity index (χ0n) is 15.6. The molecule has 5 heteroatoms. The van der Waals surface area contributed by atoms with Crippen LogP contribution >= 0.6 is 0 Å². The van der Waals surface area contributed by atoms with Gasteiger partial charge in [0.25, 0.3) is 0 Å². The number of hydrogen-bond donors (Lipinski definition) is 1. The zero-order valence-corrected chi connectivity index (χ0v) is 15.6. The van der Waals surface area contributed by atoms with Gasteiger partial charge in [0.05, 0.1) is 7.11 Å². The summed E-state index contributed by atoms with van der Waals surface area (Å²) in [5.41, 5.74) is 2.88. The Balaban J connectivity index is 1.68. The van der Waals surface area contributed by atoms with Crippen molar-refractivity contribution in [1.29, 1.82) is 0 Å². The Labute approximate surface area is 157 Å². The van der Waals surface area contributed by atoms with Crippen molar-refractivity contribution in [3.8, 4) is 11.5 Å². The van der Waals surface area contributed by atoms with Crippen molar-refractivity contribution < 1.29 is 14.3 Å². The standard InChI is InChI=1S/C22H23NO4/c1-14-20(24)10-9-18-16(12-21(25)27-22(14)18)13-23-11-3-4-19(23)15-5-7-17(26-2)8-6-15/h5-10,12,19,24H,3-4,11,13H2,1-2H3/t19-/m1/s1. The van der Waals surface area contributed by atoms with Crippen LogP contribution in [0.2, 0.25) is 0 Å². The number of phenols is 1. The summed E-state index contributed by atoms with van der Waals surface area (Å²) in [6.45, 7) is 3.42. The van der Waals surface area contributed by atoms with Gasteiger partial charge in [-0.15, -0.1) is 0 Å². The second-order valence-corrected chi connectivity index (χ2v) is 7.08. The van der Waals surface area contributed by atoms with Gasteiger partial charge in [-0.1, -0.05) is 12.1 Å². The van der Waals surface area contributed by atoms with E-state index in [4.69, 9.17) is 9.15 Å². The van der Waals surface area contributed by atoms with Crippen LogP contribution in [0.3, 0.4) is 0 Å². The molecule has 1 atom stereocenters. The topological polar surface area (TPSA) is 62.9 Å². The highest BCUT2D eigenvalue weighted by molar-refractivity contribution is 5.84. The maximum atomic E-state index is 12.1.